The van der Waals surface area contributed by atoms with Gasteiger partial charge in [0.05, 0.1) is 42.1 Å². The molecule has 9 heteroatoms. The summed E-state index contributed by atoms with van der Waals surface area (Å²) in [5, 5.41) is 21.5. The first-order valence-corrected chi connectivity index (χ1v) is 8.86. The molecular formula is C16H23N3O5S. The number of ether oxygens (including phenoxy) is 1. The molecule has 0 saturated carbocycles. The molecule has 1 aliphatic rings. The van der Waals surface area contributed by atoms with Crippen LogP contribution in [0.15, 0.2) is 17.0 Å². The van der Waals surface area contributed by atoms with E-state index in [4.69, 9.17) is 9.84 Å². The van der Waals surface area contributed by atoms with Crippen LogP contribution in [0.1, 0.15) is 26.5 Å². The molecule has 2 rings (SSSR count). The average Bonchev–Trinajstić information content (AvgIpc) is 2.52. The smallest absolute Gasteiger partial charge is 0.410 e. The van der Waals surface area contributed by atoms with Crippen LogP contribution >= 0.6 is 11.8 Å². The zero-order valence-corrected chi connectivity index (χ0v) is 15.3. The second-order valence-electron chi connectivity index (χ2n) is 6.68. The highest BCUT2D eigenvalue weighted by molar-refractivity contribution is 8.00. The summed E-state index contributed by atoms with van der Waals surface area (Å²) in [6, 6.07) is 3.59. The van der Waals surface area contributed by atoms with Crippen LogP contribution in [0.2, 0.25) is 0 Å². The fourth-order valence-corrected chi connectivity index (χ4v) is 2.89. The van der Waals surface area contributed by atoms with Crippen LogP contribution in [0.5, 0.6) is 0 Å². The second kappa shape index (κ2) is 8.03. The Balaban J connectivity index is 2.16. The lowest BCUT2D eigenvalue weighted by Gasteiger charge is -2.28. The molecule has 0 bridgehead atoms. The summed E-state index contributed by atoms with van der Waals surface area (Å²) in [4.78, 5) is 30.4. The summed E-state index contributed by atoms with van der Waals surface area (Å²) in [6.07, 6.45) is -1.70. The fraction of sp³-hybridized carbons (Fsp3) is 0.562. The zero-order valence-electron chi connectivity index (χ0n) is 14.5. The van der Waals surface area contributed by atoms with Gasteiger partial charge in [0, 0.05) is 0 Å². The van der Waals surface area contributed by atoms with Crippen molar-refractivity contribution >= 4 is 29.6 Å². The van der Waals surface area contributed by atoms with Crippen molar-refractivity contribution in [3.05, 3.63) is 17.8 Å². The summed E-state index contributed by atoms with van der Waals surface area (Å²) >= 11 is 1.40. The molecule has 8 nitrogen and oxygen atoms in total. The van der Waals surface area contributed by atoms with Crippen molar-refractivity contribution in [2.45, 2.75) is 43.9 Å². The third-order valence-corrected chi connectivity index (χ3v) is 4.23. The van der Waals surface area contributed by atoms with E-state index < -0.39 is 24.4 Å². The Labute approximate surface area is 150 Å². The number of nitrogens with one attached hydrogen (secondary N) is 1. The minimum atomic E-state index is -1.08. The maximum atomic E-state index is 12.4. The van der Waals surface area contributed by atoms with E-state index in [1.54, 1.807) is 26.8 Å². The van der Waals surface area contributed by atoms with Gasteiger partial charge in [-0.3, -0.25) is 9.69 Å². The molecule has 1 aromatic heterocycles. The molecule has 0 aromatic carbocycles. The van der Waals surface area contributed by atoms with E-state index in [0.29, 0.717) is 17.3 Å². The number of carbonyl (C=O) groups excluding carboxylic acids is 2. The number of thioether (sulfide) groups is 1. The van der Waals surface area contributed by atoms with Crippen molar-refractivity contribution in [3.63, 3.8) is 0 Å². The van der Waals surface area contributed by atoms with E-state index in [0.717, 1.165) is 4.90 Å². The lowest BCUT2D eigenvalue weighted by Crippen LogP contribution is -2.41. The number of rotatable bonds is 5. The Morgan fingerprint density at radius 3 is 2.84 bits per heavy atom. The quantitative estimate of drug-likeness (QED) is 0.715. The summed E-state index contributed by atoms with van der Waals surface area (Å²) in [5.74, 6) is 0.688. The summed E-state index contributed by atoms with van der Waals surface area (Å²) in [6.45, 7) is 4.76. The lowest BCUT2D eigenvalue weighted by molar-refractivity contribution is -0.113. The number of hydrogen-bond donors (Lipinski definition) is 3. The highest BCUT2D eigenvalue weighted by atomic mass is 32.2. The van der Waals surface area contributed by atoms with Crippen LogP contribution in [0.4, 0.5) is 10.6 Å². The number of fused-ring (bicyclic) bond motifs is 1. The van der Waals surface area contributed by atoms with Gasteiger partial charge in [-0.2, -0.15) is 0 Å². The SMILES string of the molecule is CC(C)(C)OC(=O)N(Cc1ccc2c(n1)NC(=O)CS2)CC(O)CO. The van der Waals surface area contributed by atoms with E-state index in [9.17, 15) is 14.7 Å². The number of aliphatic hydroxyl groups is 2. The van der Waals surface area contributed by atoms with Crippen LogP contribution in [-0.2, 0) is 16.1 Å². The molecule has 1 aromatic rings. The highest BCUT2D eigenvalue weighted by Crippen LogP contribution is 2.30. The van der Waals surface area contributed by atoms with Gasteiger partial charge >= 0.3 is 6.09 Å². The summed E-state index contributed by atoms with van der Waals surface area (Å²) in [5.41, 5.74) is -0.148. The van der Waals surface area contributed by atoms with Gasteiger partial charge < -0.3 is 20.3 Å². The predicted molar refractivity (Wildman–Crippen MR) is 93.3 cm³/mol. The number of pyridine rings is 1. The Morgan fingerprint density at radius 2 is 2.20 bits per heavy atom. The third kappa shape index (κ3) is 5.87. The number of aromatic nitrogens is 1. The Hall–Kier alpha value is -1.84. The Kier molecular flexibility index (Phi) is 6.26. The minimum absolute atomic E-state index is 0.0831. The van der Waals surface area contributed by atoms with Gasteiger partial charge in [0.15, 0.2) is 0 Å². The normalized spacial score (nSPS) is 15.2. The van der Waals surface area contributed by atoms with Gasteiger partial charge in [-0.25, -0.2) is 9.78 Å². The summed E-state index contributed by atoms with van der Waals surface area (Å²) < 4.78 is 5.34. The van der Waals surface area contributed by atoms with E-state index >= 15 is 0 Å². The number of hydrogen-bond acceptors (Lipinski definition) is 7. The number of anilines is 1. The Morgan fingerprint density at radius 1 is 1.48 bits per heavy atom. The van der Waals surface area contributed by atoms with Crippen molar-refractivity contribution in [2.24, 2.45) is 0 Å². The van der Waals surface area contributed by atoms with Gasteiger partial charge in [0.2, 0.25) is 5.91 Å². The fourth-order valence-electron chi connectivity index (χ4n) is 2.13. The van der Waals surface area contributed by atoms with Crippen LogP contribution in [0, 0.1) is 0 Å². The van der Waals surface area contributed by atoms with Gasteiger partial charge in [0.25, 0.3) is 0 Å². The third-order valence-electron chi connectivity index (χ3n) is 3.18. The predicted octanol–water partition coefficient (Wildman–Crippen LogP) is 1.22. The van der Waals surface area contributed by atoms with Crippen molar-refractivity contribution in [3.8, 4) is 0 Å². The van der Waals surface area contributed by atoms with Crippen molar-refractivity contribution in [1.29, 1.82) is 0 Å². The lowest BCUT2D eigenvalue weighted by atomic mass is 10.2. The first kappa shape index (κ1) is 19.5. The van der Waals surface area contributed by atoms with Gasteiger partial charge in [0.1, 0.15) is 11.4 Å². The van der Waals surface area contributed by atoms with Gasteiger partial charge in [-0.15, -0.1) is 11.8 Å². The zero-order chi connectivity index (χ0) is 18.6. The molecule has 0 saturated heterocycles. The molecule has 0 fully saturated rings. The first-order chi connectivity index (χ1) is 11.7. The minimum Gasteiger partial charge on any atom is -0.444 e. The van der Waals surface area contributed by atoms with Crippen molar-refractivity contribution in [1.82, 2.24) is 9.88 Å². The molecule has 0 aliphatic carbocycles. The second-order valence-corrected chi connectivity index (χ2v) is 7.70. The average molecular weight is 369 g/mol. The largest absolute Gasteiger partial charge is 0.444 e. The monoisotopic (exact) mass is 369 g/mol. The molecule has 3 N–H and O–H groups in total. The van der Waals surface area contributed by atoms with Crippen LogP contribution in [-0.4, -0.2) is 62.7 Å². The van der Waals surface area contributed by atoms with Crippen LogP contribution in [0.25, 0.3) is 0 Å². The molecule has 1 aliphatic heterocycles. The number of carbonyl (C=O) groups is 2. The molecular weight excluding hydrogens is 346 g/mol. The van der Waals surface area contributed by atoms with Gasteiger partial charge in [-0.05, 0) is 32.9 Å². The van der Waals surface area contributed by atoms with E-state index in [1.807, 2.05) is 6.07 Å². The van der Waals surface area contributed by atoms with Crippen LogP contribution < -0.4 is 5.32 Å². The van der Waals surface area contributed by atoms with Gasteiger partial charge in [-0.1, -0.05) is 0 Å². The van der Waals surface area contributed by atoms with E-state index in [2.05, 4.69) is 10.3 Å². The number of aliphatic hydroxyl groups excluding tert-OH is 2. The maximum Gasteiger partial charge on any atom is 0.410 e. The van der Waals surface area contributed by atoms with E-state index in [1.165, 1.54) is 16.7 Å². The van der Waals surface area contributed by atoms with Crippen molar-refractivity contribution < 1.29 is 24.5 Å². The summed E-state index contributed by atoms with van der Waals surface area (Å²) in [7, 11) is 0. The van der Waals surface area contributed by atoms with Crippen LogP contribution in [0.3, 0.4) is 0 Å². The molecule has 25 heavy (non-hydrogen) atoms. The highest BCUT2D eigenvalue weighted by Gasteiger charge is 2.25. The molecule has 0 spiro atoms. The van der Waals surface area contributed by atoms with E-state index in [-0.39, 0.29) is 19.0 Å². The molecule has 2 heterocycles. The molecule has 1 unspecified atom stereocenters. The molecule has 2 amide bonds. The Bertz CT molecular complexity index is 647. The standard InChI is InChI=1S/C16H23N3O5S/c1-16(2,3)24-15(23)19(7-11(21)8-20)6-10-4-5-12-14(17-10)18-13(22)9-25-12/h4-5,11,20-21H,6-9H2,1-3H3,(H,17,18,22). The first-order valence-electron chi connectivity index (χ1n) is 7.87. The molecule has 0 radical (unpaired) electrons. The molecule has 1 atom stereocenters. The maximum absolute atomic E-state index is 12.4. The van der Waals surface area contributed by atoms with Crippen molar-refractivity contribution in [2.75, 3.05) is 24.2 Å². The number of amides is 2. The molecule has 138 valence electrons. The number of nitrogens with zero attached hydrogens (tertiary/aromatic N) is 2. The topological polar surface area (TPSA) is 112 Å².